The summed E-state index contributed by atoms with van der Waals surface area (Å²) in [6, 6.07) is 26.7. The highest BCUT2D eigenvalue weighted by molar-refractivity contribution is 7.90. The number of nitrogens with zero attached hydrogens (tertiary/aromatic N) is 10. The number of piperazine rings is 2. The van der Waals surface area contributed by atoms with Gasteiger partial charge in [0.1, 0.15) is 45.9 Å². The van der Waals surface area contributed by atoms with Crippen molar-refractivity contribution in [1.82, 2.24) is 44.0 Å². The highest BCUT2D eigenvalue weighted by Gasteiger charge is 2.34. The molecule has 102 heavy (non-hydrogen) atoms. The van der Waals surface area contributed by atoms with Crippen LogP contribution in [0.25, 0.3) is 44.6 Å². The molecule has 3 aliphatic heterocycles. The van der Waals surface area contributed by atoms with Crippen molar-refractivity contribution >= 4 is 84.0 Å². The molecule has 9 aromatic rings. The van der Waals surface area contributed by atoms with E-state index in [4.69, 9.17) is 21.1 Å². The lowest BCUT2D eigenvalue weighted by molar-refractivity contribution is -0.384. The third kappa shape index (κ3) is 15.7. The Labute approximate surface area is 594 Å². The van der Waals surface area contributed by atoms with Crippen LogP contribution in [0.1, 0.15) is 99.8 Å². The average molecular weight is 1430 g/mol. The number of benzene rings is 4. The first kappa shape index (κ1) is 71.7. The standard InChI is InChI=1S/C45H50ClN7O7S.C30H30F2N6O3/c1-45(2)15-11-33(39(26-45)31-3-5-34(46)6-4-31)29-51-17-19-52(20-18-51)35-7-9-38(42(24-35)60-36-23-32-12-16-47-43(32)49-28-36)44(54)50-61(57,58)37-8-10-40(41(25-37)53(55)56)48-27-30-13-21-59-22-14-30;1-6-23(40)36-12-13-37(18(5)15-36)28-19-14-21(32)26(24-20(31)8-7-9-22(24)39)34-29(19)38(30(41)35-28)27-17(4)10-11-33-25(27)16(2)3/h3-10,12,16,23-25,28,30,48H,11,13-15,17-22,26-27,29H2,1-2H3,(H,47,49)(H,50,54);6-11,14,16,18,39H,1,12-13,15H2,2-5H3. The molecule has 23 nitrogen and oxygen atoms in total. The molecule has 0 saturated carbocycles. The third-order valence-electron chi connectivity index (χ3n) is 19.3. The van der Waals surface area contributed by atoms with Gasteiger partial charge in [-0.25, -0.2) is 41.3 Å². The number of fused-ring (bicyclic) bond motifs is 2. The fourth-order valence-electron chi connectivity index (χ4n) is 13.7. The fourth-order valence-corrected chi connectivity index (χ4v) is 14.8. The van der Waals surface area contributed by atoms with Gasteiger partial charge in [-0.05, 0) is 159 Å². The van der Waals surface area contributed by atoms with Gasteiger partial charge in [-0.15, -0.1) is 0 Å². The van der Waals surface area contributed by atoms with E-state index in [9.17, 15) is 42.4 Å². The van der Waals surface area contributed by atoms with E-state index in [-0.39, 0.29) is 63.1 Å². The summed E-state index contributed by atoms with van der Waals surface area (Å²) in [5, 5.41) is 27.4. The number of carbonyl (C=O) groups is 2. The van der Waals surface area contributed by atoms with Gasteiger partial charge in [0.25, 0.3) is 21.6 Å². The number of rotatable bonds is 18. The summed E-state index contributed by atoms with van der Waals surface area (Å²) in [7, 11) is -4.55. The number of aromatic amines is 1. The average Bonchev–Trinajstić information content (AvgIpc) is 0.740. The molecule has 4 aromatic carbocycles. The number of H-pyrrole nitrogens is 1. The largest absolute Gasteiger partial charge is 0.507 e. The van der Waals surface area contributed by atoms with E-state index < -0.39 is 65.8 Å². The maximum Gasteiger partial charge on any atom is 0.355 e. The highest BCUT2D eigenvalue weighted by atomic mass is 35.5. The Bertz CT molecular complexity index is 4900. The van der Waals surface area contributed by atoms with E-state index in [0.717, 1.165) is 99.1 Å². The third-order valence-corrected chi connectivity index (χ3v) is 20.9. The van der Waals surface area contributed by atoms with E-state index in [2.05, 4.69) is 77.3 Å². The van der Waals surface area contributed by atoms with Gasteiger partial charge in [-0.2, -0.15) is 4.98 Å². The molecule has 1 atom stereocenters. The Hall–Kier alpha value is -10.2. The number of aromatic nitrogens is 6. The number of carbonyl (C=O) groups excluding carboxylic acids is 2. The van der Waals surface area contributed by atoms with Crippen LogP contribution in [-0.2, 0) is 19.6 Å². The monoisotopic (exact) mass is 1430 g/mol. The van der Waals surface area contributed by atoms with Crippen LogP contribution in [0, 0.1) is 40.0 Å². The second-order valence-corrected chi connectivity index (χ2v) is 29.4. The van der Waals surface area contributed by atoms with Gasteiger partial charge in [0.2, 0.25) is 5.91 Å². The molecule has 532 valence electrons. The summed E-state index contributed by atoms with van der Waals surface area (Å²) < 4.78 is 73.1. The molecule has 8 heterocycles. The maximum absolute atomic E-state index is 15.8. The number of ether oxygens (including phenoxy) is 2. The number of anilines is 3. The van der Waals surface area contributed by atoms with E-state index >= 15 is 4.39 Å². The van der Waals surface area contributed by atoms with Gasteiger partial charge in [-0.3, -0.25) is 29.6 Å². The number of amides is 2. The number of aryl methyl sites for hydroxylation is 1. The number of allylic oxidation sites excluding steroid dienone is 1. The minimum absolute atomic E-state index is 0.0359. The number of hydrogen-bond donors (Lipinski definition) is 4. The van der Waals surface area contributed by atoms with Crippen LogP contribution in [0.4, 0.5) is 31.7 Å². The van der Waals surface area contributed by atoms with Crippen LogP contribution in [-0.4, -0.2) is 148 Å². The van der Waals surface area contributed by atoms with Gasteiger partial charge < -0.3 is 39.6 Å². The summed E-state index contributed by atoms with van der Waals surface area (Å²) in [4.78, 5) is 80.1. The number of nitro benzene ring substituents is 1. The predicted molar refractivity (Wildman–Crippen MR) is 389 cm³/mol. The van der Waals surface area contributed by atoms with Crippen molar-refractivity contribution in [2.75, 3.05) is 87.2 Å². The fraction of sp³-hybridized carbons (Fsp3) is 0.347. The summed E-state index contributed by atoms with van der Waals surface area (Å²) in [5.74, 6) is -2.54. The molecule has 27 heteroatoms. The number of sulfonamides is 1. The number of phenols is 1. The Morgan fingerprint density at radius 3 is 2.43 bits per heavy atom. The summed E-state index contributed by atoms with van der Waals surface area (Å²) >= 11 is 6.24. The summed E-state index contributed by atoms with van der Waals surface area (Å²) in [5.41, 5.74) is 5.83. The summed E-state index contributed by atoms with van der Waals surface area (Å²) in [6.07, 6.45) is 11.0. The number of halogens is 3. The van der Waals surface area contributed by atoms with E-state index in [1.807, 2.05) is 50.8 Å². The van der Waals surface area contributed by atoms with Crippen molar-refractivity contribution in [2.45, 2.75) is 90.5 Å². The molecule has 1 aliphatic carbocycles. The minimum Gasteiger partial charge on any atom is -0.507 e. The first-order valence-corrected chi connectivity index (χ1v) is 35.8. The Kier molecular flexibility index (Phi) is 21.2. The van der Waals surface area contributed by atoms with Gasteiger partial charge >= 0.3 is 5.69 Å². The molecule has 3 fully saturated rings. The molecule has 0 spiro atoms. The van der Waals surface area contributed by atoms with Crippen molar-refractivity contribution in [2.24, 2.45) is 11.3 Å². The molecular formula is C75H80ClF2N13O10S. The van der Waals surface area contributed by atoms with Crippen molar-refractivity contribution < 1.29 is 46.3 Å². The number of nitro groups is 1. The Morgan fingerprint density at radius 2 is 1.72 bits per heavy atom. The van der Waals surface area contributed by atoms with E-state index in [1.54, 1.807) is 47.6 Å². The van der Waals surface area contributed by atoms with Gasteiger partial charge in [0.15, 0.2) is 11.5 Å². The first-order valence-electron chi connectivity index (χ1n) is 33.9. The number of hydrogen-bond acceptors (Lipinski definition) is 18. The van der Waals surface area contributed by atoms with Crippen molar-refractivity contribution in [3.63, 3.8) is 0 Å². The molecule has 5 aromatic heterocycles. The zero-order chi connectivity index (χ0) is 72.3. The number of pyridine rings is 3. The quantitative estimate of drug-likeness (QED) is 0.0353. The molecule has 0 bridgehead atoms. The maximum atomic E-state index is 15.8. The predicted octanol–water partition coefficient (Wildman–Crippen LogP) is 13.1. The molecule has 4 N–H and O–H groups in total. The van der Waals surface area contributed by atoms with Crippen LogP contribution < -0.4 is 30.3 Å². The van der Waals surface area contributed by atoms with Crippen LogP contribution in [0.2, 0.25) is 5.02 Å². The Balaban J connectivity index is 0.000000208. The van der Waals surface area contributed by atoms with Crippen LogP contribution >= 0.6 is 11.6 Å². The zero-order valence-corrected chi connectivity index (χ0v) is 59.1. The number of nitrogens with one attached hydrogen (secondary N) is 3. The molecular weight excluding hydrogens is 1350 g/mol. The van der Waals surface area contributed by atoms with Crippen LogP contribution in [0.3, 0.4) is 0 Å². The second kappa shape index (κ2) is 30.2. The molecule has 0 radical (unpaired) electrons. The lowest BCUT2D eigenvalue weighted by Crippen LogP contribution is -2.54. The first-order chi connectivity index (χ1) is 48.8. The number of aromatic hydroxyl groups is 1. The second-order valence-electron chi connectivity index (χ2n) is 27.3. The van der Waals surface area contributed by atoms with Crippen molar-refractivity contribution in [3.05, 3.63) is 200 Å². The van der Waals surface area contributed by atoms with Gasteiger partial charge in [0, 0.05) is 119 Å². The van der Waals surface area contributed by atoms with Crippen molar-refractivity contribution in [3.8, 4) is 34.2 Å². The Morgan fingerprint density at radius 1 is 0.951 bits per heavy atom. The highest BCUT2D eigenvalue weighted by Crippen LogP contribution is 2.44. The summed E-state index contributed by atoms with van der Waals surface area (Å²) in [6.45, 7) is 22.5. The normalized spacial score (nSPS) is 16.8. The zero-order valence-electron chi connectivity index (χ0n) is 57.5. The number of phenolic OH excluding ortho intramolecular Hbond substituents is 1. The van der Waals surface area contributed by atoms with E-state index in [1.165, 1.54) is 57.8 Å². The minimum atomic E-state index is -4.55. The van der Waals surface area contributed by atoms with Gasteiger partial charge in [-0.1, -0.05) is 69.6 Å². The SMILES string of the molecule is C=CC(=O)N1CCN(c2nc(=O)n(-c3c(C)ccnc3C(C)C)c3nc(-c4c(O)cccc4F)c(F)cc23)C(C)C1.CC1(C)CCC(CN2CCN(c3ccc(C(=O)NS(=O)(=O)c4ccc(NCC5CCOCC5)c([N+](=O)[O-])c4)c(Oc4cnc5[nH]ccc5c4)c3)CC2)=C(c2ccc(Cl)cc2)C1. The van der Waals surface area contributed by atoms with Gasteiger partial charge in [0.05, 0.1) is 43.9 Å². The molecule has 3 saturated heterocycles. The lowest BCUT2D eigenvalue weighted by Gasteiger charge is -2.40. The molecule has 13 rings (SSSR count). The van der Waals surface area contributed by atoms with Crippen molar-refractivity contribution in [1.29, 1.82) is 0 Å². The topological polar surface area (TPSA) is 276 Å². The molecule has 2 amide bonds. The molecule has 4 aliphatic rings. The molecule has 1 unspecified atom stereocenters. The lowest BCUT2D eigenvalue weighted by atomic mass is 9.72. The van der Waals surface area contributed by atoms with E-state index in [0.29, 0.717) is 67.7 Å². The van der Waals surface area contributed by atoms with Crippen LogP contribution in [0.5, 0.6) is 17.2 Å². The van der Waals surface area contributed by atoms with Crippen LogP contribution in [0.15, 0.2) is 150 Å². The smallest absolute Gasteiger partial charge is 0.355 e.